The van der Waals surface area contributed by atoms with Crippen LogP contribution in [0.25, 0.3) is 0 Å². The highest BCUT2D eigenvalue weighted by Gasteiger charge is 2.11. The molecule has 1 heterocycles. The van der Waals surface area contributed by atoms with E-state index in [2.05, 4.69) is 21.7 Å². The Morgan fingerprint density at radius 1 is 1.07 bits per heavy atom. The van der Waals surface area contributed by atoms with Gasteiger partial charge in [0.15, 0.2) is 0 Å². The highest BCUT2D eigenvalue weighted by atomic mass is 16.5. The van der Waals surface area contributed by atoms with Crippen molar-refractivity contribution in [2.45, 2.75) is 0 Å². The van der Waals surface area contributed by atoms with Gasteiger partial charge < -0.3 is 20.1 Å². The molecule has 0 radical (unpaired) electrons. The number of ether oxygens (including phenoxy) is 2. The lowest BCUT2D eigenvalue weighted by Crippen LogP contribution is -2.13. The fourth-order valence-corrected chi connectivity index (χ4v) is 2.51. The number of pyridine rings is 1. The summed E-state index contributed by atoms with van der Waals surface area (Å²) in [5.74, 6) is 1.38. The van der Waals surface area contributed by atoms with Gasteiger partial charge in [-0.3, -0.25) is 4.79 Å². The largest absolute Gasteiger partial charge is 0.497 e. The first-order valence-electron chi connectivity index (χ1n) is 8.39. The van der Waals surface area contributed by atoms with Crippen molar-refractivity contribution in [3.8, 4) is 17.6 Å². The highest BCUT2D eigenvalue weighted by molar-refractivity contribution is 6.05. The normalized spacial score (nSPS) is 9.89. The molecule has 0 saturated heterocycles. The number of nitrogens with one attached hydrogen (secondary N) is 2. The monoisotopic (exact) mass is 374 g/mol. The van der Waals surface area contributed by atoms with Gasteiger partial charge in [-0.05, 0) is 42.5 Å². The van der Waals surface area contributed by atoms with Crippen LogP contribution in [0.15, 0.2) is 60.8 Å². The average Bonchev–Trinajstić information content (AvgIpc) is 2.74. The maximum Gasteiger partial charge on any atom is 0.257 e. The smallest absolute Gasteiger partial charge is 0.257 e. The maximum atomic E-state index is 12.5. The zero-order valence-electron chi connectivity index (χ0n) is 15.4. The number of aromatic nitrogens is 1. The molecule has 1 aromatic heterocycles. The minimum absolute atomic E-state index is 0.311. The van der Waals surface area contributed by atoms with Crippen molar-refractivity contribution in [2.75, 3.05) is 24.9 Å². The molecule has 28 heavy (non-hydrogen) atoms. The molecule has 0 aliphatic rings. The van der Waals surface area contributed by atoms with E-state index in [1.165, 1.54) is 13.3 Å². The van der Waals surface area contributed by atoms with E-state index in [0.29, 0.717) is 34.1 Å². The second-order valence-corrected chi connectivity index (χ2v) is 5.77. The summed E-state index contributed by atoms with van der Waals surface area (Å²) in [6, 6.07) is 17.6. The average molecular weight is 374 g/mol. The third kappa shape index (κ3) is 4.37. The number of hydrogen-bond donors (Lipinski definition) is 2. The second-order valence-electron chi connectivity index (χ2n) is 5.77. The van der Waals surface area contributed by atoms with Crippen molar-refractivity contribution >= 4 is 23.1 Å². The van der Waals surface area contributed by atoms with Crippen LogP contribution >= 0.6 is 0 Å². The molecule has 2 aromatic carbocycles. The summed E-state index contributed by atoms with van der Waals surface area (Å²) in [4.78, 5) is 16.8. The van der Waals surface area contributed by atoms with Gasteiger partial charge in [-0.15, -0.1) is 0 Å². The Bertz CT molecular complexity index is 1030. The maximum absolute atomic E-state index is 12.5. The van der Waals surface area contributed by atoms with Gasteiger partial charge in [0, 0.05) is 18.0 Å². The number of benzene rings is 2. The molecule has 7 nitrogen and oxygen atoms in total. The first kappa shape index (κ1) is 18.7. The Labute approximate surface area is 162 Å². The van der Waals surface area contributed by atoms with E-state index >= 15 is 0 Å². The van der Waals surface area contributed by atoms with Crippen LogP contribution in [0.1, 0.15) is 15.9 Å². The van der Waals surface area contributed by atoms with Crippen molar-refractivity contribution in [3.63, 3.8) is 0 Å². The summed E-state index contributed by atoms with van der Waals surface area (Å²) in [5, 5.41) is 14.9. The lowest BCUT2D eigenvalue weighted by Gasteiger charge is -2.12. The van der Waals surface area contributed by atoms with E-state index in [9.17, 15) is 4.79 Å². The molecule has 0 atom stereocenters. The minimum atomic E-state index is -0.311. The van der Waals surface area contributed by atoms with E-state index in [1.807, 2.05) is 6.07 Å². The molecule has 3 rings (SSSR count). The highest BCUT2D eigenvalue weighted by Crippen LogP contribution is 2.29. The molecular formula is C21H18N4O3. The van der Waals surface area contributed by atoms with Gasteiger partial charge in [0.05, 0.1) is 37.1 Å². The Kier molecular flexibility index (Phi) is 5.72. The number of carbonyl (C=O) groups is 1. The molecule has 0 aliphatic heterocycles. The van der Waals surface area contributed by atoms with E-state index in [4.69, 9.17) is 14.7 Å². The van der Waals surface area contributed by atoms with Crippen molar-refractivity contribution in [3.05, 3.63) is 71.9 Å². The van der Waals surface area contributed by atoms with Gasteiger partial charge in [0.25, 0.3) is 5.91 Å². The third-order valence-electron chi connectivity index (χ3n) is 3.95. The second kappa shape index (κ2) is 8.56. The summed E-state index contributed by atoms with van der Waals surface area (Å²) in [6.07, 6.45) is 1.47. The fourth-order valence-electron chi connectivity index (χ4n) is 2.51. The van der Waals surface area contributed by atoms with Gasteiger partial charge in [-0.25, -0.2) is 4.98 Å². The topological polar surface area (TPSA) is 96.3 Å². The zero-order chi connectivity index (χ0) is 19.9. The molecule has 140 valence electrons. The van der Waals surface area contributed by atoms with Gasteiger partial charge in [-0.2, -0.15) is 5.26 Å². The molecule has 1 amide bonds. The summed E-state index contributed by atoms with van der Waals surface area (Å²) in [7, 11) is 3.08. The molecule has 3 aromatic rings. The zero-order valence-corrected chi connectivity index (χ0v) is 15.4. The Balaban J connectivity index is 1.71. The Morgan fingerprint density at radius 2 is 1.93 bits per heavy atom. The molecule has 0 unspecified atom stereocenters. The number of hydrogen-bond acceptors (Lipinski definition) is 6. The van der Waals surface area contributed by atoms with E-state index in [0.717, 1.165) is 5.69 Å². The number of rotatable bonds is 6. The van der Waals surface area contributed by atoms with E-state index in [1.54, 1.807) is 55.6 Å². The predicted molar refractivity (Wildman–Crippen MR) is 106 cm³/mol. The first-order chi connectivity index (χ1) is 13.6. The van der Waals surface area contributed by atoms with Crippen LogP contribution in [-0.4, -0.2) is 25.1 Å². The van der Waals surface area contributed by atoms with Crippen LogP contribution in [0.2, 0.25) is 0 Å². The quantitative estimate of drug-likeness (QED) is 0.678. The molecule has 0 aliphatic carbocycles. The minimum Gasteiger partial charge on any atom is -0.497 e. The molecule has 0 bridgehead atoms. The SMILES string of the molecule is COc1ccc(NC(=O)c2ccc(Nc3cccc(C#N)c3)nc2)c(OC)c1. The third-order valence-corrected chi connectivity index (χ3v) is 3.95. The van der Waals surface area contributed by atoms with Crippen LogP contribution in [0, 0.1) is 11.3 Å². The molecule has 2 N–H and O–H groups in total. The van der Waals surface area contributed by atoms with Gasteiger partial charge in [0.1, 0.15) is 17.3 Å². The van der Waals surface area contributed by atoms with Crippen LogP contribution in [0.5, 0.6) is 11.5 Å². The van der Waals surface area contributed by atoms with Crippen LogP contribution < -0.4 is 20.1 Å². The van der Waals surface area contributed by atoms with Crippen LogP contribution in [0.3, 0.4) is 0 Å². The van der Waals surface area contributed by atoms with Crippen LogP contribution in [0.4, 0.5) is 17.2 Å². The van der Waals surface area contributed by atoms with Crippen LogP contribution in [-0.2, 0) is 0 Å². The summed E-state index contributed by atoms with van der Waals surface area (Å²) in [5.41, 5.74) is 2.22. The molecule has 7 heteroatoms. The first-order valence-corrected chi connectivity index (χ1v) is 8.39. The molecular weight excluding hydrogens is 356 g/mol. The Hall–Kier alpha value is -4.05. The van der Waals surface area contributed by atoms with E-state index < -0.39 is 0 Å². The number of nitrogens with zero attached hydrogens (tertiary/aromatic N) is 2. The van der Waals surface area contributed by atoms with Crippen molar-refractivity contribution < 1.29 is 14.3 Å². The van der Waals surface area contributed by atoms with Crippen molar-refractivity contribution in [1.29, 1.82) is 5.26 Å². The van der Waals surface area contributed by atoms with E-state index in [-0.39, 0.29) is 5.91 Å². The number of nitriles is 1. The Morgan fingerprint density at radius 3 is 2.61 bits per heavy atom. The number of methoxy groups -OCH3 is 2. The number of amides is 1. The predicted octanol–water partition coefficient (Wildman–Crippen LogP) is 3.97. The summed E-state index contributed by atoms with van der Waals surface area (Å²) < 4.78 is 10.4. The van der Waals surface area contributed by atoms with Gasteiger partial charge in [-0.1, -0.05) is 6.07 Å². The molecule has 0 spiro atoms. The van der Waals surface area contributed by atoms with Gasteiger partial charge >= 0.3 is 0 Å². The van der Waals surface area contributed by atoms with Gasteiger partial charge in [0.2, 0.25) is 0 Å². The lowest BCUT2D eigenvalue weighted by atomic mass is 10.2. The number of anilines is 3. The van der Waals surface area contributed by atoms with Crippen molar-refractivity contribution in [2.24, 2.45) is 0 Å². The fraction of sp³-hybridized carbons (Fsp3) is 0.0952. The molecule has 0 fully saturated rings. The summed E-state index contributed by atoms with van der Waals surface area (Å²) in [6.45, 7) is 0. The summed E-state index contributed by atoms with van der Waals surface area (Å²) >= 11 is 0. The van der Waals surface area contributed by atoms with Crippen molar-refractivity contribution in [1.82, 2.24) is 4.98 Å². The lowest BCUT2D eigenvalue weighted by molar-refractivity contribution is 0.102. The molecule has 0 saturated carbocycles. The standard InChI is InChI=1S/C21H18N4O3/c1-27-17-7-8-18(19(11-17)28-2)25-21(26)15-6-9-20(23-13-15)24-16-5-3-4-14(10-16)12-22/h3-11,13H,1-2H3,(H,23,24)(H,25,26). The number of carbonyl (C=O) groups excluding carboxylic acids is 1.